The highest BCUT2D eigenvalue weighted by Crippen LogP contribution is 2.21. The Morgan fingerprint density at radius 3 is 2.25 bits per heavy atom. The van der Waals surface area contributed by atoms with Gasteiger partial charge in [0.1, 0.15) is 5.75 Å². The Kier molecular flexibility index (Phi) is 9.99. The van der Waals surface area contributed by atoms with Crippen molar-refractivity contribution in [2.45, 2.75) is 32.7 Å². The molecular formula is C20H37N3O. The maximum Gasteiger partial charge on any atom is 0.119 e. The first kappa shape index (κ1) is 20.9. The molecule has 1 rings (SSSR count). The van der Waals surface area contributed by atoms with Crippen LogP contribution in [0.1, 0.15) is 38.3 Å². The lowest BCUT2D eigenvalue weighted by Crippen LogP contribution is -2.29. The highest BCUT2D eigenvalue weighted by atomic mass is 16.5. The molecule has 4 heteroatoms. The van der Waals surface area contributed by atoms with Crippen molar-refractivity contribution in [2.75, 3.05) is 54.4 Å². The third kappa shape index (κ3) is 8.67. The van der Waals surface area contributed by atoms with Crippen LogP contribution < -0.4 is 10.1 Å². The van der Waals surface area contributed by atoms with Gasteiger partial charge in [0.2, 0.25) is 0 Å². The minimum atomic E-state index is 0.427. The standard InChI is InChI=1S/C20H37N3O/c1-7-8-20(21-13-14-22(3)4)18-9-11-19(12-10-18)24-16-17(2)15-23(5)6/h9-12,17,20-21H,7-8,13-16H2,1-6H3. The Hall–Kier alpha value is -1.10. The number of nitrogens with zero attached hydrogens (tertiary/aromatic N) is 2. The molecule has 0 radical (unpaired) electrons. The van der Waals surface area contributed by atoms with Gasteiger partial charge in [-0.15, -0.1) is 0 Å². The van der Waals surface area contributed by atoms with Crippen LogP contribution in [-0.4, -0.2) is 64.2 Å². The predicted molar refractivity (Wildman–Crippen MR) is 104 cm³/mol. The zero-order valence-electron chi connectivity index (χ0n) is 16.5. The van der Waals surface area contributed by atoms with E-state index in [1.807, 2.05) is 0 Å². The summed E-state index contributed by atoms with van der Waals surface area (Å²) in [4.78, 5) is 4.41. The van der Waals surface area contributed by atoms with E-state index >= 15 is 0 Å². The SMILES string of the molecule is CCCC(NCCN(C)C)c1ccc(OCC(C)CN(C)C)cc1. The van der Waals surface area contributed by atoms with E-state index in [1.54, 1.807) is 0 Å². The van der Waals surface area contributed by atoms with Crippen molar-refractivity contribution >= 4 is 0 Å². The molecule has 0 fully saturated rings. The van der Waals surface area contributed by atoms with Crippen LogP contribution in [0.2, 0.25) is 0 Å². The van der Waals surface area contributed by atoms with E-state index in [0.717, 1.165) is 38.4 Å². The topological polar surface area (TPSA) is 27.7 Å². The molecule has 1 N–H and O–H groups in total. The number of ether oxygens (including phenoxy) is 1. The second kappa shape index (κ2) is 11.5. The molecule has 2 atom stereocenters. The van der Waals surface area contributed by atoms with Crippen molar-refractivity contribution in [3.05, 3.63) is 29.8 Å². The van der Waals surface area contributed by atoms with Crippen molar-refractivity contribution in [1.82, 2.24) is 15.1 Å². The highest BCUT2D eigenvalue weighted by Gasteiger charge is 2.10. The van der Waals surface area contributed by atoms with E-state index < -0.39 is 0 Å². The van der Waals surface area contributed by atoms with E-state index in [-0.39, 0.29) is 0 Å². The summed E-state index contributed by atoms with van der Waals surface area (Å²) in [6.45, 7) is 8.34. The smallest absolute Gasteiger partial charge is 0.119 e. The van der Waals surface area contributed by atoms with Gasteiger partial charge in [0.05, 0.1) is 6.61 Å². The fourth-order valence-corrected chi connectivity index (χ4v) is 2.85. The second-order valence-corrected chi connectivity index (χ2v) is 7.35. The third-order valence-corrected chi connectivity index (χ3v) is 4.02. The van der Waals surface area contributed by atoms with E-state index in [0.29, 0.717) is 12.0 Å². The number of rotatable bonds is 12. The van der Waals surface area contributed by atoms with Crippen molar-refractivity contribution in [3.63, 3.8) is 0 Å². The van der Waals surface area contributed by atoms with Gasteiger partial charge in [-0.2, -0.15) is 0 Å². The first-order valence-electron chi connectivity index (χ1n) is 9.18. The maximum atomic E-state index is 5.92. The largest absolute Gasteiger partial charge is 0.493 e. The van der Waals surface area contributed by atoms with E-state index in [2.05, 4.69) is 81.4 Å². The van der Waals surface area contributed by atoms with Crippen LogP contribution in [0.4, 0.5) is 0 Å². The van der Waals surface area contributed by atoms with Crippen molar-refractivity contribution in [3.8, 4) is 5.75 Å². The Labute approximate surface area is 149 Å². The Morgan fingerprint density at radius 2 is 1.71 bits per heavy atom. The summed E-state index contributed by atoms with van der Waals surface area (Å²) < 4.78 is 5.92. The van der Waals surface area contributed by atoms with Crippen LogP contribution in [0.25, 0.3) is 0 Å². The Morgan fingerprint density at radius 1 is 1.04 bits per heavy atom. The molecule has 0 saturated heterocycles. The number of benzene rings is 1. The van der Waals surface area contributed by atoms with E-state index in [4.69, 9.17) is 4.74 Å². The molecular weight excluding hydrogens is 298 g/mol. The fraction of sp³-hybridized carbons (Fsp3) is 0.700. The fourth-order valence-electron chi connectivity index (χ4n) is 2.85. The van der Waals surface area contributed by atoms with Gasteiger partial charge >= 0.3 is 0 Å². The summed E-state index contributed by atoms with van der Waals surface area (Å²) in [5, 5.41) is 3.67. The minimum Gasteiger partial charge on any atom is -0.493 e. The molecule has 0 amide bonds. The lowest BCUT2D eigenvalue weighted by Gasteiger charge is -2.21. The molecule has 2 unspecified atom stereocenters. The summed E-state index contributed by atoms with van der Waals surface area (Å²) in [6.07, 6.45) is 2.34. The lowest BCUT2D eigenvalue weighted by atomic mass is 10.0. The molecule has 0 aliphatic rings. The van der Waals surface area contributed by atoms with Crippen LogP contribution in [0, 0.1) is 5.92 Å². The average Bonchev–Trinajstić information content (AvgIpc) is 2.52. The van der Waals surface area contributed by atoms with Crippen LogP contribution in [-0.2, 0) is 0 Å². The zero-order valence-corrected chi connectivity index (χ0v) is 16.5. The van der Waals surface area contributed by atoms with Gasteiger partial charge in [-0.3, -0.25) is 0 Å². The molecule has 0 saturated carbocycles. The van der Waals surface area contributed by atoms with E-state index in [1.165, 1.54) is 12.0 Å². The number of hydrogen-bond acceptors (Lipinski definition) is 4. The summed E-state index contributed by atoms with van der Waals surface area (Å²) in [5.41, 5.74) is 1.35. The normalized spacial score (nSPS) is 14.2. The highest BCUT2D eigenvalue weighted by molar-refractivity contribution is 5.29. The van der Waals surface area contributed by atoms with Gasteiger partial charge in [-0.05, 0) is 52.3 Å². The molecule has 0 spiro atoms. The summed E-state index contributed by atoms with van der Waals surface area (Å²) >= 11 is 0. The maximum absolute atomic E-state index is 5.92. The number of hydrogen-bond donors (Lipinski definition) is 1. The number of likely N-dealkylation sites (N-methyl/N-ethyl adjacent to an activating group) is 1. The molecule has 0 heterocycles. The van der Waals surface area contributed by atoms with Crippen molar-refractivity contribution in [2.24, 2.45) is 5.92 Å². The van der Waals surface area contributed by atoms with Crippen LogP contribution in [0.15, 0.2) is 24.3 Å². The van der Waals surface area contributed by atoms with E-state index in [9.17, 15) is 0 Å². The third-order valence-electron chi connectivity index (χ3n) is 4.02. The summed E-state index contributed by atoms with van der Waals surface area (Å²) in [6, 6.07) is 9.04. The molecule has 4 nitrogen and oxygen atoms in total. The van der Waals surface area contributed by atoms with Gasteiger partial charge in [0.15, 0.2) is 0 Å². The Balaban J connectivity index is 2.53. The lowest BCUT2D eigenvalue weighted by molar-refractivity contribution is 0.222. The molecule has 1 aromatic rings. The monoisotopic (exact) mass is 335 g/mol. The Bertz CT molecular complexity index is 431. The van der Waals surface area contributed by atoms with Gasteiger partial charge < -0.3 is 19.9 Å². The van der Waals surface area contributed by atoms with Gasteiger partial charge in [-0.1, -0.05) is 32.4 Å². The van der Waals surface area contributed by atoms with Crippen LogP contribution in [0.5, 0.6) is 5.75 Å². The summed E-state index contributed by atoms with van der Waals surface area (Å²) in [7, 11) is 8.42. The molecule has 1 aromatic carbocycles. The molecule has 0 aliphatic heterocycles. The average molecular weight is 336 g/mol. The van der Waals surface area contributed by atoms with Gasteiger partial charge in [-0.25, -0.2) is 0 Å². The molecule has 138 valence electrons. The van der Waals surface area contributed by atoms with Gasteiger partial charge in [0, 0.05) is 31.6 Å². The second-order valence-electron chi connectivity index (χ2n) is 7.35. The minimum absolute atomic E-state index is 0.427. The van der Waals surface area contributed by atoms with Gasteiger partial charge in [0.25, 0.3) is 0 Å². The first-order valence-corrected chi connectivity index (χ1v) is 9.18. The van der Waals surface area contributed by atoms with Crippen LogP contribution >= 0.6 is 0 Å². The molecule has 24 heavy (non-hydrogen) atoms. The number of nitrogens with one attached hydrogen (secondary N) is 1. The van der Waals surface area contributed by atoms with Crippen LogP contribution in [0.3, 0.4) is 0 Å². The molecule has 0 aromatic heterocycles. The van der Waals surface area contributed by atoms with Crippen molar-refractivity contribution < 1.29 is 4.74 Å². The first-order chi connectivity index (χ1) is 11.4. The zero-order chi connectivity index (χ0) is 17.9. The van der Waals surface area contributed by atoms with Crippen molar-refractivity contribution in [1.29, 1.82) is 0 Å². The molecule has 0 aliphatic carbocycles. The predicted octanol–water partition coefficient (Wildman–Crippen LogP) is 3.26. The summed E-state index contributed by atoms with van der Waals surface area (Å²) in [5.74, 6) is 1.49. The molecule has 0 bridgehead atoms. The quantitative estimate of drug-likeness (QED) is 0.634.